The number of carbonyl (C=O) groups is 1. The molecule has 41 heavy (non-hydrogen) atoms. The summed E-state index contributed by atoms with van der Waals surface area (Å²) in [4.78, 5) is 16.5. The Hall–Kier alpha value is -4.20. The van der Waals surface area contributed by atoms with Crippen molar-refractivity contribution < 1.29 is 13.2 Å². The van der Waals surface area contributed by atoms with Gasteiger partial charge in [0.2, 0.25) is 10.0 Å². The minimum atomic E-state index is -3.64. The van der Waals surface area contributed by atoms with Gasteiger partial charge in [0.05, 0.1) is 4.90 Å². The van der Waals surface area contributed by atoms with Crippen LogP contribution in [0.25, 0.3) is 22.2 Å². The molecule has 0 saturated carbocycles. The molecule has 7 heteroatoms. The summed E-state index contributed by atoms with van der Waals surface area (Å²) in [5.41, 5.74) is 6.21. The number of hydrogen-bond donors (Lipinski definition) is 3. The van der Waals surface area contributed by atoms with Crippen LogP contribution in [0, 0.1) is 0 Å². The highest BCUT2D eigenvalue weighted by Gasteiger charge is 2.17. The number of aryl methyl sites for hydroxylation is 1. The van der Waals surface area contributed by atoms with E-state index in [0.717, 1.165) is 52.5 Å². The van der Waals surface area contributed by atoms with Crippen molar-refractivity contribution in [2.75, 3.05) is 11.9 Å². The number of rotatable bonds is 12. The van der Waals surface area contributed by atoms with E-state index in [2.05, 4.69) is 21.9 Å². The zero-order chi connectivity index (χ0) is 28.7. The number of unbranched alkanes of at least 4 members (excludes halogenated alkanes) is 2. The molecule has 1 heterocycles. The summed E-state index contributed by atoms with van der Waals surface area (Å²) in [5.74, 6) is -0.178. The second-order valence-corrected chi connectivity index (χ2v) is 11.9. The van der Waals surface area contributed by atoms with E-state index in [1.807, 2.05) is 78.9 Å². The number of aromatic amines is 1. The minimum absolute atomic E-state index is 0.178. The van der Waals surface area contributed by atoms with Crippen molar-refractivity contribution in [3.05, 3.63) is 120 Å². The van der Waals surface area contributed by atoms with Gasteiger partial charge in [-0.05, 0) is 72.9 Å². The maximum absolute atomic E-state index is 13.1. The highest BCUT2D eigenvalue weighted by Crippen LogP contribution is 2.32. The lowest BCUT2D eigenvalue weighted by molar-refractivity contribution is 0.102. The molecule has 1 aromatic heterocycles. The van der Waals surface area contributed by atoms with E-state index in [4.69, 9.17) is 0 Å². The first kappa shape index (κ1) is 28.3. The molecule has 0 fully saturated rings. The Morgan fingerprint density at radius 2 is 1.56 bits per heavy atom. The zero-order valence-corrected chi connectivity index (χ0v) is 24.0. The van der Waals surface area contributed by atoms with Crippen LogP contribution in [0.4, 0.5) is 5.69 Å². The molecule has 0 saturated heterocycles. The van der Waals surface area contributed by atoms with Crippen LogP contribution in [0.5, 0.6) is 0 Å². The summed E-state index contributed by atoms with van der Waals surface area (Å²) in [6.07, 6.45) is 4.89. The Morgan fingerprint density at radius 3 is 2.34 bits per heavy atom. The number of anilines is 1. The van der Waals surface area contributed by atoms with Crippen molar-refractivity contribution in [3.63, 3.8) is 0 Å². The Kier molecular flexibility index (Phi) is 8.97. The van der Waals surface area contributed by atoms with Crippen molar-refractivity contribution in [2.24, 2.45) is 0 Å². The number of fused-ring (bicyclic) bond motifs is 1. The van der Waals surface area contributed by atoms with E-state index < -0.39 is 10.0 Å². The van der Waals surface area contributed by atoms with Gasteiger partial charge in [-0.2, -0.15) is 0 Å². The predicted molar refractivity (Wildman–Crippen MR) is 167 cm³/mol. The molecule has 0 unspecified atom stereocenters. The molecular formula is C34H35N3O3S. The van der Waals surface area contributed by atoms with Crippen molar-refractivity contribution >= 4 is 32.5 Å². The molecule has 3 N–H and O–H groups in total. The molecule has 4 aromatic carbocycles. The molecule has 0 aliphatic heterocycles. The third kappa shape index (κ3) is 6.93. The van der Waals surface area contributed by atoms with Crippen LogP contribution in [0.1, 0.15) is 47.7 Å². The number of amides is 1. The molecular weight excluding hydrogens is 530 g/mol. The Balaban J connectivity index is 1.33. The maximum atomic E-state index is 13.1. The van der Waals surface area contributed by atoms with Gasteiger partial charge in [-0.1, -0.05) is 80.4 Å². The average molecular weight is 566 g/mol. The van der Waals surface area contributed by atoms with Crippen molar-refractivity contribution in [1.82, 2.24) is 9.71 Å². The smallest absolute Gasteiger partial charge is 0.255 e. The van der Waals surface area contributed by atoms with Gasteiger partial charge in [-0.25, -0.2) is 13.1 Å². The van der Waals surface area contributed by atoms with Crippen LogP contribution >= 0.6 is 0 Å². The van der Waals surface area contributed by atoms with E-state index in [1.165, 1.54) is 6.42 Å². The summed E-state index contributed by atoms with van der Waals surface area (Å²) >= 11 is 0. The third-order valence-corrected chi connectivity index (χ3v) is 8.71. The third-order valence-electron chi connectivity index (χ3n) is 7.23. The van der Waals surface area contributed by atoms with E-state index in [1.54, 1.807) is 24.3 Å². The first-order chi connectivity index (χ1) is 19.9. The number of nitrogens with one attached hydrogen (secondary N) is 3. The minimum Gasteiger partial charge on any atom is -0.354 e. The van der Waals surface area contributed by atoms with Gasteiger partial charge in [-0.15, -0.1) is 0 Å². The van der Waals surface area contributed by atoms with Crippen LogP contribution in [0.15, 0.2) is 108 Å². The molecule has 1 amide bonds. The van der Waals surface area contributed by atoms with E-state index in [-0.39, 0.29) is 17.3 Å². The molecule has 6 nitrogen and oxygen atoms in total. The first-order valence-electron chi connectivity index (χ1n) is 14.1. The monoisotopic (exact) mass is 565 g/mol. The van der Waals surface area contributed by atoms with E-state index >= 15 is 0 Å². The number of aromatic nitrogens is 1. The second kappa shape index (κ2) is 13.0. The standard InChI is InChI=1S/C34H35N3O3S/c1-2-3-5-11-25-18-20-29(21-19-25)41(39,40)35-23-22-31-30-16-8-9-17-32(30)37-33(31)27-14-10-15-28(24-27)36-34(38)26-12-6-4-7-13-26/h4,6-10,12-21,24,35,37H,2-3,5,11,22-23H2,1H3,(H,36,38). The largest absolute Gasteiger partial charge is 0.354 e. The molecule has 0 spiro atoms. The number of sulfonamides is 1. The van der Waals surface area contributed by atoms with Crippen LogP contribution in [-0.2, 0) is 22.9 Å². The average Bonchev–Trinajstić information content (AvgIpc) is 3.37. The number of benzene rings is 4. The first-order valence-corrected chi connectivity index (χ1v) is 15.6. The topological polar surface area (TPSA) is 91.1 Å². The van der Waals surface area contributed by atoms with Gasteiger partial charge in [0.1, 0.15) is 0 Å². The highest BCUT2D eigenvalue weighted by molar-refractivity contribution is 7.89. The summed E-state index contributed by atoms with van der Waals surface area (Å²) < 4.78 is 28.9. The fourth-order valence-electron chi connectivity index (χ4n) is 5.06. The van der Waals surface area contributed by atoms with Crippen molar-refractivity contribution in [2.45, 2.75) is 43.9 Å². The molecule has 5 aromatic rings. The Bertz CT molecular complexity index is 1730. The Morgan fingerprint density at radius 1 is 0.805 bits per heavy atom. The van der Waals surface area contributed by atoms with Gasteiger partial charge in [0.25, 0.3) is 5.91 Å². The molecule has 0 radical (unpaired) electrons. The molecule has 0 aliphatic rings. The lowest BCUT2D eigenvalue weighted by Crippen LogP contribution is -2.26. The van der Waals surface area contributed by atoms with Gasteiger partial charge in [0, 0.05) is 40.0 Å². The SMILES string of the molecule is CCCCCc1ccc(S(=O)(=O)NCCc2c(-c3cccc(NC(=O)c4ccccc4)c3)[nH]c3ccccc23)cc1. The Labute approximate surface area is 241 Å². The molecule has 0 atom stereocenters. The van der Waals surface area contributed by atoms with Crippen LogP contribution in [0.3, 0.4) is 0 Å². The van der Waals surface area contributed by atoms with Crippen LogP contribution in [-0.4, -0.2) is 25.9 Å². The lowest BCUT2D eigenvalue weighted by Gasteiger charge is -2.11. The number of H-pyrrole nitrogens is 1. The zero-order valence-electron chi connectivity index (χ0n) is 23.2. The van der Waals surface area contributed by atoms with Crippen molar-refractivity contribution in [1.29, 1.82) is 0 Å². The van der Waals surface area contributed by atoms with Crippen LogP contribution < -0.4 is 10.0 Å². The number of hydrogen-bond acceptors (Lipinski definition) is 3. The maximum Gasteiger partial charge on any atom is 0.255 e. The van der Waals surface area contributed by atoms with Gasteiger partial charge in [-0.3, -0.25) is 4.79 Å². The second-order valence-electron chi connectivity index (χ2n) is 10.2. The molecule has 5 rings (SSSR count). The fraction of sp³-hybridized carbons (Fsp3) is 0.206. The molecule has 210 valence electrons. The fourth-order valence-corrected chi connectivity index (χ4v) is 6.09. The van der Waals surface area contributed by atoms with Gasteiger partial charge >= 0.3 is 0 Å². The number of carbonyl (C=O) groups excluding carboxylic acids is 1. The number of para-hydroxylation sites is 1. The van der Waals surface area contributed by atoms with Gasteiger partial charge < -0.3 is 10.3 Å². The van der Waals surface area contributed by atoms with E-state index in [0.29, 0.717) is 17.7 Å². The summed E-state index contributed by atoms with van der Waals surface area (Å²) in [6.45, 7) is 2.42. The molecule has 0 aliphatic carbocycles. The summed E-state index contributed by atoms with van der Waals surface area (Å²) in [7, 11) is -3.64. The van der Waals surface area contributed by atoms with E-state index in [9.17, 15) is 13.2 Å². The highest BCUT2D eigenvalue weighted by atomic mass is 32.2. The van der Waals surface area contributed by atoms with Crippen molar-refractivity contribution in [3.8, 4) is 11.3 Å². The summed E-state index contributed by atoms with van der Waals surface area (Å²) in [6, 6.07) is 32.0. The quantitative estimate of drug-likeness (QED) is 0.138. The predicted octanol–water partition coefficient (Wildman–Crippen LogP) is 7.34. The molecule has 0 bridgehead atoms. The summed E-state index contributed by atoms with van der Waals surface area (Å²) in [5, 5.41) is 4.02. The normalized spacial score (nSPS) is 11.5. The lowest BCUT2D eigenvalue weighted by atomic mass is 10.0. The van der Waals surface area contributed by atoms with Crippen LogP contribution in [0.2, 0.25) is 0 Å². The van der Waals surface area contributed by atoms with Gasteiger partial charge in [0.15, 0.2) is 0 Å².